The first-order valence-corrected chi connectivity index (χ1v) is 9.64. The molecule has 2 fully saturated rings. The predicted molar refractivity (Wildman–Crippen MR) is 98.8 cm³/mol. The lowest BCUT2D eigenvalue weighted by Crippen LogP contribution is -2.48. The lowest BCUT2D eigenvalue weighted by Gasteiger charge is -2.35. The third-order valence-corrected chi connectivity index (χ3v) is 5.73. The summed E-state index contributed by atoms with van der Waals surface area (Å²) in [5, 5.41) is -0.146. The molecule has 2 saturated heterocycles. The van der Waals surface area contributed by atoms with Crippen LogP contribution >= 0.6 is 11.8 Å². The fraction of sp³-hybridized carbons (Fsp3) is 0.526. The molecule has 0 aliphatic carbocycles. The predicted octanol–water partition coefficient (Wildman–Crippen LogP) is 3.28. The Labute approximate surface area is 152 Å². The second kappa shape index (κ2) is 6.83. The van der Waals surface area contributed by atoms with E-state index in [1.165, 1.54) is 10.5 Å². The van der Waals surface area contributed by atoms with E-state index in [-0.39, 0.29) is 34.3 Å². The van der Waals surface area contributed by atoms with Crippen molar-refractivity contribution in [1.82, 2.24) is 9.80 Å². The number of thioether (sulfide) groups is 1. The molecule has 0 saturated carbocycles. The van der Waals surface area contributed by atoms with Gasteiger partial charge in [-0.2, -0.15) is 0 Å². The molecule has 0 unspecified atom stereocenters. The van der Waals surface area contributed by atoms with E-state index in [2.05, 4.69) is 20.8 Å². The number of hydrogen-bond acceptors (Lipinski definition) is 4. The molecule has 3 rings (SSSR count). The van der Waals surface area contributed by atoms with Gasteiger partial charge in [0.15, 0.2) is 0 Å². The molecule has 2 heterocycles. The number of amides is 3. The highest BCUT2D eigenvalue weighted by atomic mass is 32.2. The van der Waals surface area contributed by atoms with E-state index in [4.69, 9.17) is 0 Å². The molecule has 1 aromatic carbocycles. The minimum atomic E-state index is -0.146. The van der Waals surface area contributed by atoms with Crippen molar-refractivity contribution in [2.75, 3.05) is 18.8 Å². The van der Waals surface area contributed by atoms with Crippen molar-refractivity contribution in [1.29, 1.82) is 0 Å². The van der Waals surface area contributed by atoms with Gasteiger partial charge in [0.1, 0.15) is 0 Å². The summed E-state index contributed by atoms with van der Waals surface area (Å²) in [7, 11) is 0. The van der Waals surface area contributed by atoms with Gasteiger partial charge in [0.25, 0.3) is 11.1 Å². The van der Waals surface area contributed by atoms with Gasteiger partial charge in [-0.25, -0.2) is 0 Å². The molecule has 3 amide bonds. The maximum absolute atomic E-state index is 12.7. The Hall–Kier alpha value is -1.82. The van der Waals surface area contributed by atoms with Crippen LogP contribution in [0.25, 0.3) is 0 Å². The monoisotopic (exact) mass is 360 g/mol. The van der Waals surface area contributed by atoms with E-state index in [9.17, 15) is 14.4 Å². The summed E-state index contributed by atoms with van der Waals surface area (Å²) in [6.07, 6.45) is 1.31. The number of piperidine rings is 1. The lowest BCUT2D eigenvalue weighted by atomic mass is 9.86. The highest BCUT2D eigenvalue weighted by molar-refractivity contribution is 8.14. The Balaban J connectivity index is 1.62. The molecule has 0 radical (unpaired) electrons. The largest absolute Gasteiger partial charge is 0.338 e. The Morgan fingerprint density at radius 2 is 1.68 bits per heavy atom. The van der Waals surface area contributed by atoms with Crippen LogP contribution in [0, 0.1) is 0 Å². The normalized spacial score (nSPS) is 19.6. The van der Waals surface area contributed by atoms with Gasteiger partial charge >= 0.3 is 0 Å². The number of nitrogens with zero attached hydrogens (tertiary/aromatic N) is 2. The standard InChI is InChI=1S/C19H24N2O3S/c1-19(2,3)14-6-4-13(5-7-14)17(23)20-10-8-15(9-11-20)21-16(22)12-25-18(21)24/h4-7,15H,8-12H2,1-3H3. The molecule has 6 heteroatoms. The van der Waals surface area contributed by atoms with Crippen molar-refractivity contribution < 1.29 is 14.4 Å². The van der Waals surface area contributed by atoms with Gasteiger partial charge in [-0.3, -0.25) is 19.3 Å². The second-order valence-corrected chi connectivity index (χ2v) is 8.60. The van der Waals surface area contributed by atoms with Gasteiger partial charge < -0.3 is 4.90 Å². The Kier molecular flexibility index (Phi) is 4.91. The highest BCUT2D eigenvalue weighted by Crippen LogP contribution is 2.27. The van der Waals surface area contributed by atoms with Crippen LogP contribution in [0.3, 0.4) is 0 Å². The number of rotatable bonds is 2. The Bertz CT molecular complexity index is 670. The molecule has 0 aromatic heterocycles. The molecule has 0 atom stereocenters. The topological polar surface area (TPSA) is 57.7 Å². The summed E-state index contributed by atoms with van der Waals surface area (Å²) >= 11 is 1.07. The van der Waals surface area contributed by atoms with Gasteiger partial charge in [-0.1, -0.05) is 44.7 Å². The van der Waals surface area contributed by atoms with Crippen LogP contribution < -0.4 is 0 Å². The Morgan fingerprint density at radius 3 is 2.16 bits per heavy atom. The molecule has 0 spiro atoms. The number of hydrogen-bond donors (Lipinski definition) is 0. The van der Waals surface area contributed by atoms with Crippen LogP contribution in [0.1, 0.15) is 49.5 Å². The summed E-state index contributed by atoms with van der Waals surface area (Å²) in [6.45, 7) is 7.59. The molecule has 2 aliphatic rings. The van der Waals surface area contributed by atoms with Gasteiger partial charge in [-0.15, -0.1) is 0 Å². The summed E-state index contributed by atoms with van der Waals surface area (Å²) < 4.78 is 0. The number of likely N-dealkylation sites (tertiary alicyclic amines) is 1. The zero-order chi connectivity index (χ0) is 18.2. The molecular weight excluding hydrogens is 336 g/mol. The first-order valence-electron chi connectivity index (χ1n) is 8.66. The fourth-order valence-corrected chi connectivity index (χ4v) is 4.12. The van der Waals surface area contributed by atoms with Crippen LogP contribution in [-0.2, 0) is 10.2 Å². The second-order valence-electron chi connectivity index (χ2n) is 7.67. The lowest BCUT2D eigenvalue weighted by molar-refractivity contribution is -0.126. The van der Waals surface area contributed by atoms with E-state index in [0.717, 1.165) is 11.8 Å². The summed E-state index contributed by atoms with van der Waals surface area (Å²) in [4.78, 5) is 39.6. The van der Waals surface area contributed by atoms with E-state index in [1.807, 2.05) is 29.2 Å². The number of carbonyl (C=O) groups is 3. The molecule has 1 aromatic rings. The molecule has 5 nitrogen and oxygen atoms in total. The molecule has 0 N–H and O–H groups in total. The first kappa shape index (κ1) is 18.0. The van der Waals surface area contributed by atoms with Gasteiger partial charge in [-0.05, 0) is 36.0 Å². The van der Waals surface area contributed by atoms with Gasteiger partial charge in [0.2, 0.25) is 5.91 Å². The maximum atomic E-state index is 12.7. The highest BCUT2D eigenvalue weighted by Gasteiger charge is 2.38. The van der Waals surface area contributed by atoms with Crippen LogP contribution in [-0.4, -0.2) is 51.7 Å². The average Bonchev–Trinajstić information content (AvgIpc) is 2.92. The van der Waals surface area contributed by atoms with Crippen molar-refractivity contribution in [3.63, 3.8) is 0 Å². The van der Waals surface area contributed by atoms with Crippen molar-refractivity contribution in [3.05, 3.63) is 35.4 Å². The van der Waals surface area contributed by atoms with Crippen molar-refractivity contribution in [2.24, 2.45) is 0 Å². The molecule has 2 aliphatic heterocycles. The molecule has 134 valence electrons. The van der Waals surface area contributed by atoms with E-state index in [1.54, 1.807) is 0 Å². The summed E-state index contributed by atoms with van der Waals surface area (Å²) in [6, 6.07) is 7.73. The quantitative estimate of drug-likeness (QED) is 0.812. The molecular formula is C19H24N2O3S. The SMILES string of the molecule is CC(C)(C)c1ccc(C(=O)N2CCC(N3C(=O)CSC3=O)CC2)cc1. The maximum Gasteiger partial charge on any atom is 0.289 e. The minimum absolute atomic E-state index is 0.0207. The van der Waals surface area contributed by atoms with Crippen LogP contribution in [0.2, 0.25) is 0 Å². The molecule has 0 bridgehead atoms. The minimum Gasteiger partial charge on any atom is -0.338 e. The third kappa shape index (κ3) is 3.73. The van der Waals surface area contributed by atoms with E-state index >= 15 is 0 Å². The van der Waals surface area contributed by atoms with Crippen molar-refractivity contribution in [3.8, 4) is 0 Å². The van der Waals surface area contributed by atoms with E-state index < -0.39 is 0 Å². The van der Waals surface area contributed by atoms with Crippen molar-refractivity contribution in [2.45, 2.75) is 45.1 Å². The van der Waals surface area contributed by atoms with Crippen molar-refractivity contribution >= 4 is 28.8 Å². The average molecular weight is 360 g/mol. The fourth-order valence-electron chi connectivity index (χ4n) is 3.34. The Morgan fingerprint density at radius 1 is 1.08 bits per heavy atom. The smallest absolute Gasteiger partial charge is 0.289 e. The number of carbonyl (C=O) groups excluding carboxylic acids is 3. The van der Waals surface area contributed by atoms with Crippen LogP contribution in [0.4, 0.5) is 4.79 Å². The van der Waals surface area contributed by atoms with E-state index in [0.29, 0.717) is 31.5 Å². The third-order valence-electron chi connectivity index (χ3n) is 4.90. The zero-order valence-corrected chi connectivity index (χ0v) is 15.8. The summed E-state index contributed by atoms with van der Waals surface area (Å²) in [5.41, 5.74) is 1.95. The number of benzene rings is 1. The van der Waals surface area contributed by atoms with Gasteiger partial charge in [0, 0.05) is 24.7 Å². The van der Waals surface area contributed by atoms with Gasteiger partial charge in [0.05, 0.1) is 5.75 Å². The zero-order valence-electron chi connectivity index (χ0n) is 14.9. The summed E-state index contributed by atoms with van der Waals surface area (Å²) in [5.74, 6) is 0.169. The first-order chi connectivity index (χ1) is 11.8. The number of imide groups is 1. The molecule has 25 heavy (non-hydrogen) atoms. The van der Waals surface area contributed by atoms with Crippen LogP contribution in [0.15, 0.2) is 24.3 Å². The van der Waals surface area contributed by atoms with Crippen LogP contribution in [0.5, 0.6) is 0 Å².